The first-order chi connectivity index (χ1) is 13.9. The number of benzene rings is 1. The summed E-state index contributed by atoms with van der Waals surface area (Å²) >= 11 is 0. The standard InChI is InChI=1S/C21H22N4O4/c22-21(29)24-10-8-13(9-11-24)4-5-14-2-1-3-15-16(14)12-25(20(15)28)17-6-7-18(26)23-19(17)27/h1-3,13,17H,6-12H2,(H2,22,29)(H,23,26,27). The number of nitrogens with zero attached hydrogens (tertiary/aromatic N) is 2. The molecule has 2 fully saturated rings. The molecule has 3 aliphatic heterocycles. The van der Waals surface area contributed by atoms with Crippen molar-refractivity contribution in [3.05, 3.63) is 34.9 Å². The van der Waals surface area contributed by atoms with Crippen LogP contribution in [0.15, 0.2) is 18.2 Å². The molecule has 5 amide bonds. The number of nitrogens with one attached hydrogen (secondary N) is 1. The lowest BCUT2D eigenvalue weighted by atomic mass is 9.96. The van der Waals surface area contributed by atoms with Crippen LogP contribution in [0.1, 0.15) is 47.2 Å². The van der Waals surface area contributed by atoms with Crippen LogP contribution in [0.25, 0.3) is 0 Å². The number of likely N-dealkylation sites (tertiary alicyclic amines) is 1. The maximum absolute atomic E-state index is 12.8. The molecule has 8 nitrogen and oxygen atoms in total. The van der Waals surface area contributed by atoms with Gasteiger partial charge in [-0.15, -0.1) is 0 Å². The van der Waals surface area contributed by atoms with Crippen molar-refractivity contribution in [3.63, 3.8) is 0 Å². The highest BCUT2D eigenvalue weighted by Gasteiger charge is 2.39. The van der Waals surface area contributed by atoms with Crippen LogP contribution in [0.5, 0.6) is 0 Å². The Bertz CT molecular complexity index is 953. The molecule has 1 aromatic carbocycles. The summed E-state index contributed by atoms with van der Waals surface area (Å²) in [6.45, 7) is 1.51. The second-order valence-corrected chi connectivity index (χ2v) is 7.60. The van der Waals surface area contributed by atoms with Crippen molar-refractivity contribution in [2.45, 2.75) is 38.3 Å². The van der Waals surface area contributed by atoms with Crippen LogP contribution in [0.2, 0.25) is 0 Å². The maximum atomic E-state index is 12.8. The molecule has 0 saturated carbocycles. The van der Waals surface area contributed by atoms with Crippen LogP contribution >= 0.6 is 0 Å². The molecule has 1 unspecified atom stereocenters. The predicted molar refractivity (Wildman–Crippen MR) is 103 cm³/mol. The number of urea groups is 1. The third-order valence-electron chi connectivity index (χ3n) is 5.80. The van der Waals surface area contributed by atoms with Gasteiger partial charge in [0, 0.05) is 43.1 Å². The topological polar surface area (TPSA) is 113 Å². The number of carbonyl (C=O) groups is 4. The van der Waals surface area contributed by atoms with Crippen molar-refractivity contribution in [1.29, 1.82) is 0 Å². The SMILES string of the molecule is NC(=O)N1CCC(C#Cc2cccc3c2CN(C2CCC(=O)NC2=O)C3=O)CC1. The second kappa shape index (κ2) is 7.59. The molecule has 0 spiro atoms. The normalized spacial score (nSPS) is 22.1. The minimum atomic E-state index is -0.633. The number of carbonyl (C=O) groups excluding carboxylic acids is 4. The number of hydrogen-bond donors (Lipinski definition) is 2. The van der Waals surface area contributed by atoms with E-state index >= 15 is 0 Å². The molecule has 1 aromatic rings. The van der Waals surface area contributed by atoms with Gasteiger partial charge in [-0.3, -0.25) is 19.7 Å². The lowest BCUT2D eigenvalue weighted by molar-refractivity contribution is -0.136. The van der Waals surface area contributed by atoms with E-state index < -0.39 is 18.0 Å². The van der Waals surface area contributed by atoms with Gasteiger partial charge in [-0.05, 0) is 37.0 Å². The maximum Gasteiger partial charge on any atom is 0.314 e. The average Bonchev–Trinajstić information content (AvgIpc) is 3.04. The Morgan fingerprint density at radius 2 is 1.90 bits per heavy atom. The monoisotopic (exact) mass is 394 g/mol. The van der Waals surface area contributed by atoms with Crippen LogP contribution < -0.4 is 11.1 Å². The number of piperidine rings is 2. The van der Waals surface area contributed by atoms with Gasteiger partial charge < -0.3 is 15.5 Å². The molecule has 2 saturated heterocycles. The van der Waals surface area contributed by atoms with Crippen LogP contribution in [0.3, 0.4) is 0 Å². The third-order valence-corrected chi connectivity index (χ3v) is 5.80. The van der Waals surface area contributed by atoms with Crippen LogP contribution in [0, 0.1) is 17.8 Å². The van der Waals surface area contributed by atoms with Crippen LogP contribution in [-0.2, 0) is 16.1 Å². The highest BCUT2D eigenvalue weighted by molar-refractivity contribution is 6.05. The molecule has 4 rings (SSSR count). The first kappa shape index (κ1) is 19.0. The van der Waals surface area contributed by atoms with Gasteiger partial charge in [0.1, 0.15) is 6.04 Å². The number of imide groups is 1. The molecule has 8 heteroatoms. The van der Waals surface area contributed by atoms with Crippen molar-refractivity contribution >= 4 is 23.8 Å². The lowest BCUT2D eigenvalue weighted by Crippen LogP contribution is -2.52. The highest BCUT2D eigenvalue weighted by Crippen LogP contribution is 2.29. The van der Waals surface area contributed by atoms with E-state index in [1.165, 1.54) is 4.90 Å². The van der Waals surface area contributed by atoms with E-state index in [2.05, 4.69) is 17.2 Å². The first-order valence-corrected chi connectivity index (χ1v) is 9.76. The molecular weight excluding hydrogens is 372 g/mol. The Hall–Kier alpha value is -3.34. The Balaban J connectivity index is 1.50. The summed E-state index contributed by atoms with van der Waals surface area (Å²) in [5, 5.41) is 2.31. The van der Waals surface area contributed by atoms with Gasteiger partial charge in [-0.1, -0.05) is 17.9 Å². The minimum Gasteiger partial charge on any atom is -0.351 e. The van der Waals surface area contributed by atoms with E-state index in [9.17, 15) is 19.2 Å². The van der Waals surface area contributed by atoms with E-state index in [-0.39, 0.29) is 24.2 Å². The van der Waals surface area contributed by atoms with E-state index in [1.807, 2.05) is 6.07 Å². The summed E-state index contributed by atoms with van der Waals surface area (Å²) in [6.07, 6.45) is 2.11. The molecule has 3 heterocycles. The van der Waals surface area contributed by atoms with E-state index in [4.69, 9.17) is 5.73 Å². The lowest BCUT2D eigenvalue weighted by Gasteiger charge is -2.29. The Morgan fingerprint density at radius 3 is 2.59 bits per heavy atom. The Morgan fingerprint density at radius 1 is 1.14 bits per heavy atom. The smallest absolute Gasteiger partial charge is 0.314 e. The summed E-state index contributed by atoms with van der Waals surface area (Å²) in [7, 11) is 0. The van der Waals surface area contributed by atoms with Gasteiger partial charge in [-0.25, -0.2) is 4.79 Å². The van der Waals surface area contributed by atoms with Crippen LogP contribution in [0.4, 0.5) is 4.79 Å². The van der Waals surface area contributed by atoms with E-state index in [1.54, 1.807) is 17.0 Å². The first-order valence-electron chi connectivity index (χ1n) is 9.76. The number of primary amides is 1. The quantitative estimate of drug-likeness (QED) is 0.536. The summed E-state index contributed by atoms with van der Waals surface area (Å²) in [5.41, 5.74) is 7.48. The summed E-state index contributed by atoms with van der Waals surface area (Å²) in [5.74, 6) is 5.72. The molecule has 1 atom stereocenters. The fourth-order valence-electron chi connectivity index (χ4n) is 4.13. The molecule has 29 heavy (non-hydrogen) atoms. The molecule has 0 aromatic heterocycles. The predicted octanol–water partition coefficient (Wildman–Crippen LogP) is 0.590. The number of fused-ring (bicyclic) bond motifs is 1. The average molecular weight is 394 g/mol. The van der Waals surface area contributed by atoms with Gasteiger partial charge in [0.05, 0.1) is 0 Å². The van der Waals surface area contributed by atoms with Crippen molar-refractivity contribution in [3.8, 4) is 11.8 Å². The van der Waals surface area contributed by atoms with Gasteiger partial charge in [-0.2, -0.15) is 0 Å². The Kier molecular flexibility index (Phi) is 4.97. The zero-order valence-corrected chi connectivity index (χ0v) is 15.9. The Labute approximate surface area is 168 Å². The second-order valence-electron chi connectivity index (χ2n) is 7.60. The molecule has 0 radical (unpaired) electrons. The molecule has 0 aliphatic carbocycles. The van der Waals surface area contributed by atoms with Crippen molar-refractivity contribution in [2.75, 3.05) is 13.1 Å². The van der Waals surface area contributed by atoms with Gasteiger partial charge >= 0.3 is 6.03 Å². The van der Waals surface area contributed by atoms with E-state index in [0.29, 0.717) is 31.6 Å². The summed E-state index contributed by atoms with van der Waals surface area (Å²) < 4.78 is 0. The van der Waals surface area contributed by atoms with Gasteiger partial charge in [0.2, 0.25) is 11.8 Å². The fourth-order valence-corrected chi connectivity index (χ4v) is 4.13. The zero-order chi connectivity index (χ0) is 20.5. The van der Waals surface area contributed by atoms with Gasteiger partial charge in [0.25, 0.3) is 5.91 Å². The number of hydrogen-bond acceptors (Lipinski definition) is 4. The molecule has 3 aliphatic rings. The summed E-state index contributed by atoms with van der Waals surface area (Å²) in [6, 6.07) is 4.40. The zero-order valence-electron chi connectivity index (χ0n) is 15.9. The summed E-state index contributed by atoms with van der Waals surface area (Å²) in [4.78, 5) is 50.8. The molecule has 3 N–H and O–H groups in total. The molecular formula is C21H22N4O4. The number of nitrogens with two attached hydrogens (primary N) is 1. The highest BCUT2D eigenvalue weighted by atomic mass is 16.2. The van der Waals surface area contributed by atoms with Crippen LogP contribution in [-0.4, -0.2) is 52.7 Å². The third kappa shape index (κ3) is 3.68. The van der Waals surface area contributed by atoms with E-state index in [0.717, 1.165) is 24.0 Å². The fraction of sp³-hybridized carbons (Fsp3) is 0.429. The molecule has 0 bridgehead atoms. The van der Waals surface area contributed by atoms with Crippen molar-refractivity contribution in [2.24, 2.45) is 11.7 Å². The number of rotatable bonds is 1. The minimum absolute atomic E-state index is 0.171. The number of amides is 5. The molecule has 150 valence electrons. The largest absolute Gasteiger partial charge is 0.351 e. The van der Waals surface area contributed by atoms with Gasteiger partial charge in [0.15, 0.2) is 0 Å². The van der Waals surface area contributed by atoms with Crippen molar-refractivity contribution in [1.82, 2.24) is 15.1 Å². The van der Waals surface area contributed by atoms with Crippen molar-refractivity contribution < 1.29 is 19.2 Å².